The molecule has 13 nitrogen and oxygen atoms in total. The number of rotatable bonds is 10. The predicted molar refractivity (Wildman–Crippen MR) is 78.6 cm³/mol. The second-order valence-electron chi connectivity index (χ2n) is 6.10. The predicted octanol–water partition coefficient (Wildman–Crippen LogP) is 1.10. The lowest BCUT2D eigenvalue weighted by Gasteiger charge is -2.18. The molecule has 0 fully saturated rings. The second kappa shape index (κ2) is 9.28. The van der Waals surface area contributed by atoms with Crippen molar-refractivity contribution >= 4 is 5.97 Å². The van der Waals surface area contributed by atoms with Gasteiger partial charge in [0, 0.05) is 6.42 Å². The van der Waals surface area contributed by atoms with Crippen LogP contribution in [0.3, 0.4) is 0 Å². The zero-order valence-electron chi connectivity index (χ0n) is 14.4. The maximum absolute atomic E-state index is 12.0. The van der Waals surface area contributed by atoms with Gasteiger partial charge in [0.05, 0.1) is 5.39 Å². The first-order valence-corrected chi connectivity index (χ1v) is 7.46. The van der Waals surface area contributed by atoms with Gasteiger partial charge in [0.25, 0.3) is 10.8 Å². The fourth-order valence-corrected chi connectivity index (χ4v) is 1.89. The summed E-state index contributed by atoms with van der Waals surface area (Å²) < 4.78 is 14.6. The first kappa shape index (κ1) is 21.6. The molecule has 1 aromatic heterocycles. The van der Waals surface area contributed by atoms with Crippen molar-refractivity contribution in [3.8, 4) is 0 Å². The standard InChI is InChI=1S/C13H20N2O11/c1-13(2,3)25-11(16)10-9(23-12(17)24-10)6-4-5-8(26-15(20)21)7-22-14(18)19/h8,20-21H,4-7H2,1-3H3. The largest absolute Gasteiger partial charge is 0.519 e. The van der Waals surface area contributed by atoms with Crippen LogP contribution in [0.5, 0.6) is 0 Å². The van der Waals surface area contributed by atoms with Gasteiger partial charge in [-0.25, -0.2) is 14.4 Å². The summed E-state index contributed by atoms with van der Waals surface area (Å²) in [6, 6.07) is 0. The van der Waals surface area contributed by atoms with Gasteiger partial charge in [-0.2, -0.15) is 0 Å². The fraction of sp³-hybridized carbons (Fsp3) is 0.692. The highest BCUT2D eigenvalue weighted by atomic mass is 17.1. The number of esters is 1. The van der Waals surface area contributed by atoms with Crippen molar-refractivity contribution < 1.29 is 43.5 Å². The molecule has 13 heteroatoms. The van der Waals surface area contributed by atoms with Crippen LogP contribution in [0.2, 0.25) is 0 Å². The van der Waals surface area contributed by atoms with Gasteiger partial charge in [0.1, 0.15) is 18.3 Å². The molecule has 2 N–H and O–H groups in total. The molecule has 1 rings (SSSR count). The number of aryl methyl sites for hydroxylation is 1. The first-order chi connectivity index (χ1) is 12.0. The highest BCUT2D eigenvalue weighted by Gasteiger charge is 2.26. The van der Waals surface area contributed by atoms with Crippen molar-refractivity contribution in [3.63, 3.8) is 0 Å². The zero-order chi connectivity index (χ0) is 19.9. The molecular formula is C13H20N2O11. The number of nitrogens with zero attached hydrogens (tertiary/aromatic N) is 2. The normalized spacial score (nSPS) is 12.8. The van der Waals surface area contributed by atoms with Gasteiger partial charge in [0.15, 0.2) is 5.76 Å². The Labute approximate surface area is 146 Å². The lowest BCUT2D eigenvalue weighted by atomic mass is 10.1. The van der Waals surface area contributed by atoms with Crippen molar-refractivity contribution in [2.24, 2.45) is 0 Å². The van der Waals surface area contributed by atoms with E-state index in [-0.39, 0.29) is 30.8 Å². The number of carbonyl (C=O) groups is 1. The van der Waals surface area contributed by atoms with E-state index in [1.54, 1.807) is 20.8 Å². The minimum Gasteiger partial charge on any atom is -0.454 e. The lowest BCUT2D eigenvalue weighted by molar-refractivity contribution is -0.760. The Morgan fingerprint density at radius 2 is 2.00 bits per heavy atom. The summed E-state index contributed by atoms with van der Waals surface area (Å²) in [5.74, 6) is -2.40. The second-order valence-corrected chi connectivity index (χ2v) is 6.10. The third kappa shape index (κ3) is 8.06. The average molecular weight is 380 g/mol. The molecule has 0 radical (unpaired) electrons. The first-order valence-electron chi connectivity index (χ1n) is 7.46. The smallest absolute Gasteiger partial charge is 0.454 e. The average Bonchev–Trinajstić information content (AvgIpc) is 2.83. The Hall–Kier alpha value is -2.48. The van der Waals surface area contributed by atoms with Gasteiger partial charge in [-0.15, -0.1) is 10.1 Å². The molecule has 0 saturated carbocycles. The van der Waals surface area contributed by atoms with Crippen LogP contribution in [0.4, 0.5) is 0 Å². The maximum atomic E-state index is 12.0. The Kier molecular flexibility index (Phi) is 7.70. The Morgan fingerprint density at radius 3 is 2.54 bits per heavy atom. The number of hydrogen-bond acceptors (Lipinski definition) is 12. The van der Waals surface area contributed by atoms with Gasteiger partial charge >= 0.3 is 11.8 Å². The van der Waals surface area contributed by atoms with Crippen LogP contribution in [0, 0.1) is 10.1 Å². The van der Waals surface area contributed by atoms with Gasteiger partial charge in [-0.3, -0.25) is 10.4 Å². The molecule has 0 aromatic carbocycles. The van der Waals surface area contributed by atoms with E-state index < -0.39 is 40.6 Å². The van der Waals surface area contributed by atoms with Crippen molar-refractivity contribution in [1.82, 2.24) is 5.39 Å². The number of ether oxygens (including phenoxy) is 1. The van der Waals surface area contributed by atoms with Gasteiger partial charge in [0.2, 0.25) is 0 Å². The molecule has 1 aromatic rings. The van der Waals surface area contributed by atoms with E-state index in [2.05, 4.69) is 9.68 Å². The van der Waals surface area contributed by atoms with E-state index in [0.29, 0.717) is 0 Å². The summed E-state index contributed by atoms with van der Waals surface area (Å²) in [7, 11) is 0. The molecule has 0 bridgehead atoms. The fourth-order valence-electron chi connectivity index (χ4n) is 1.89. The third-order valence-corrected chi connectivity index (χ3v) is 2.77. The molecule has 26 heavy (non-hydrogen) atoms. The molecule has 1 heterocycles. The van der Waals surface area contributed by atoms with E-state index in [1.165, 1.54) is 0 Å². The van der Waals surface area contributed by atoms with Crippen LogP contribution in [0.1, 0.15) is 49.9 Å². The lowest BCUT2D eigenvalue weighted by Crippen LogP contribution is -2.29. The van der Waals surface area contributed by atoms with Crippen molar-refractivity contribution in [2.75, 3.05) is 6.61 Å². The van der Waals surface area contributed by atoms with Crippen molar-refractivity contribution in [2.45, 2.75) is 51.7 Å². The van der Waals surface area contributed by atoms with Gasteiger partial charge in [-0.05, 0) is 33.6 Å². The van der Waals surface area contributed by atoms with Crippen molar-refractivity contribution in [3.05, 3.63) is 32.3 Å². The highest BCUT2D eigenvalue weighted by molar-refractivity contribution is 5.87. The summed E-state index contributed by atoms with van der Waals surface area (Å²) in [6.07, 6.45) is -0.847. The van der Waals surface area contributed by atoms with Crippen LogP contribution < -0.4 is 5.82 Å². The van der Waals surface area contributed by atoms with E-state index in [0.717, 1.165) is 0 Å². The summed E-state index contributed by atoms with van der Waals surface area (Å²) >= 11 is 0. The van der Waals surface area contributed by atoms with E-state index in [9.17, 15) is 19.7 Å². The molecular weight excluding hydrogens is 360 g/mol. The summed E-state index contributed by atoms with van der Waals surface area (Å²) in [5, 5.41) is 25.8. The van der Waals surface area contributed by atoms with E-state index in [1.807, 2.05) is 0 Å². The highest BCUT2D eigenvalue weighted by Crippen LogP contribution is 2.17. The summed E-state index contributed by atoms with van der Waals surface area (Å²) in [4.78, 5) is 42.1. The molecule has 0 amide bonds. The molecule has 0 spiro atoms. The third-order valence-electron chi connectivity index (χ3n) is 2.77. The number of hydrogen-bond donors (Lipinski definition) is 2. The molecule has 0 saturated heterocycles. The van der Waals surface area contributed by atoms with Crippen LogP contribution in [-0.2, 0) is 20.8 Å². The van der Waals surface area contributed by atoms with Crippen LogP contribution in [0.15, 0.2) is 13.6 Å². The molecule has 1 atom stereocenters. The Morgan fingerprint density at radius 1 is 1.35 bits per heavy atom. The van der Waals surface area contributed by atoms with Gasteiger partial charge in [-0.1, -0.05) is 0 Å². The monoisotopic (exact) mass is 380 g/mol. The van der Waals surface area contributed by atoms with Crippen molar-refractivity contribution in [1.29, 1.82) is 0 Å². The molecule has 0 aliphatic heterocycles. The molecule has 0 aliphatic carbocycles. The van der Waals surface area contributed by atoms with Crippen LogP contribution >= 0.6 is 0 Å². The number of carbonyl (C=O) groups excluding carboxylic acids is 1. The topological polar surface area (TPSA) is 175 Å². The molecule has 1 unspecified atom stereocenters. The van der Waals surface area contributed by atoms with E-state index in [4.69, 9.17) is 24.0 Å². The molecule has 0 aliphatic rings. The summed E-state index contributed by atoms with van der Waals surface area (Å²) in [5.41, 5.74) is -0.811. The Bertz CT molecular complexity index is 658. The van der Waals surface area contributed by atoms with Crippen LogP contribution in [0.25, 0.3) is 0 Å². The molecule has 148 valence electrons. The Balaban J connectivity index is 2.69. The SMILES string of the molecule is CC(C)(C)OC(=O)c1oc(=O)oc1CCCC(CO[N+](=O)[O-])ON(O)O. The maximum Gasteiger partial charge on any atom is 0.519 e. The van der Waals surface area contributed by atoms with E-state index >= 15 is 0 Å². The minimum atomic E-state index is -1.08. The van der Waals surface area contributed by atoms with Gasteiger partial charge < -0.3 is 18.4 Å². The summed E-state index contributed by atoms with van der Waals surface area (Å²) in [6.45, 7) is 4.33. The minimum absolute atomic E-state index is 0.0233. The quantitative estimate of drug-likeness (QED) is 0.336. The van der Waals surface area contributed by atoms with Crippen LogP contribution in [-0.4, -0.2) is 45.2 Å². The zero-order valence-corrected chi connectivity index (χ0v) is 14.4.